The summed E-state index contributed by atoms with van der Waals surface area (Å²) < 4.78 is 41.2. The number of hydrogen-bond donors (Lipinski definition) is 1. The van der Waals surface area contributed by atoms with E-state index in [9.17, 15) is 22.4 Å². The van der Waals surface area contributed by atoms with Crippen molar-refractivity contribution in [1.29, 1.82) is 0 Å². The minimum absolute atomic E-state index is 0.0943. The summed E-state index contributed by atoms with van der Waals surface area (Å²) in [5.74, 6) is -1.11. The number of nitrogens with one attached hydrogen (secondary N) is 1. The lowest BCUT2D eigenvalue weighted by molar-refractivity contribution is -0.119. The van der Waals surface area contributed by atoms with Crippen LogP contribution in [-0.2, 0) is 21.4 Å². The molecule has 0 unspecified atom stereocenters. The van der Waals surface area contributed by atoms with Crippen LogP contribution < -0.4 is 14.5 Å². The third kappa shape index (κ3) is 4.31. The molecule has 0 fully saturated rings. The lowest BCUT2D eigenvalue weighted by Gasteiger charge is -2.35. The van der Waals surface area contributed by atoms with Crippen LogP contribution in [0.5, 0.6) is 0 Å². The Morgan fingerprint density at radius 2 is 1.70 bits per heavy atom. The van der Waals surface area contributed by atoms with Crippen molar-refractivity contribution in [2.75, 3.05) is 15.7 Å². The van der Waals surface area contributed by atoms with Crippen LogP contribution in [0.3, 0.4) is 0 Å². The molecule has 1 N–H and O–H groups in total. The normalized spacial score (nSPS) is 14.7. The summed E-state index contributed by atoms with van der Waals surface area (Å²) in [7, 11) is -4.30. The fraction of sp³-hybridized carbons (Fsp3) is 0.167. The summed E-state index contributed by atoms with van der Waals surface area (Å²) in [6.45, 7) is 3.35. The standard InChI is InChI=1S/C24H22FN3O4S/c1-16-7-10-18(11-8-16)14-26-23(29)15-27-21-5-3-4-6-22(21)33(31,32)28(24(27)30)19-12-9-17(2)20(25)13-19/h3-13H,14-15H2,1-2H3,(H,26,29). The highest BCUT2D eigenvalue weighted by Crippen LogP contribution is 2.37. The highest BCUT2D eigenvalue weighted by Gasteiger charge is 2.43. The first-order valence-corrected chi connectivity index (χ1v) is 11.7. The molecule has 170 valence electrons. The van der Waals surface area contributed by atoms with Gasteiger partial charge in [-0.1, -0.05) is 48.0 Å². The molecule has 1 heterocycles. The lowest BCUT2D eigenvalue weighted by Crippen LogP contribution is -2.53. The Kier molecular flexibility index (Phi) is 5.90. The van der Waals surface area contributed by atoms with Gasteiger partial charge in [0.05, 0.1) is 11.4 Å². The van der Waals surface area contributed by atoms with E-state index in [1.807, 2.05) is 31.2 Å². The monoisotopic (exact) mass is 467 g/mol. The molecule has 9 heteroatoms. The zero-order chi connectivity index (χ0) is 23.8. The summed E-state index contributed by atoms with van der Waals surface area (Å²) >= 11 is 0. The molecule has 7 nitrogen and oxygen atoms in total. The Balaban J connectivity index is 1.65. The maximum absolute atomic E-state index is 14.2. The van der Waals surface area contributed by atoms with E-state index in [2.05, 4.69) is 5.32 Å². The Morgan fingerprint density at radius 1 is 1.00 bits per heavy atom. The van der Waals surface area contributed by atoms with Crippen molar-refractivity contribution in [2.24, 2.45) is 0 Å². The van der Waals surface area contributed by atoms with Crippen LogP contribution in [0.4, 0.5) is 20.6 Å². The molecular weight excluding hydrogens is 445 g/mol. The molecule has 0 aromatic heterocycles. The number of carbonyl (C=O) groups excluding carboxylic acids is 2. The van der Waals surface area contributed by atoms with Crippen molar-refractivity contribution in [3.63, 3.8) is 0 Å². The number of sulfonamides is 1. The van der Waals surface area contributed by atoms with Crippen LogP contribution in [0.25, 0.3) is 0 Å². The van der Waals surface area contributed by atoms with E-state index in [-0.39, 0.29) is 22.8 Å². The highest BCUT2D eigenvalue weighted by atomic mass is 32.2. The topological polar surface area (TPSA) is 86.8 Å². The van der Waals surface area contributed by atoms with Crippen molar-refractivity contribution in [3.05, 3.63) is 89.2 Å². The molecule has 0 atom stereocenters. The molecule has 3 aromatic rings. The highest BCUT2D eigenvalue weighted by molar-refractivity contribution is 7.94. The van der Waals surface area contributed by atoms with Gasteiger partial charge in [0, 0.05) is 6.54 Å². The molecule has 1 aliphatic rings. The number of hydrogen-bond acceptors (Lipinski definition) is 4. The van der Waals surface area contributed by atoms with Crippen LogP contribution in [-0.4, -0.2) is 26.9 Å². The van der Waals surface area contributed by atoms with Crippen molar-refractivity contribution in [3.8, 4) is 0 Å². The number of nitrogens with zero attached hydrogens (tertiary/aromatic N) is 2. The van der Waals surface area contributed by atoms with Gasteiger partial charge >= 0.3 is 6.03 Å². The zero-order valence-corrected chi connectivity index (χ0v) is 18.9. The number of rotatable bonds is 5. The molecule has 0 saturated carbocycles. The predicted molar refractivity (Wildman–Crippen MR) is 123 cm³/mol. The molecule has 3 aromatic carbocycles. The molecule has 4 rings (SSSR count). The SMILES string of the molecule is Cc1ccc(CNC(=O)CN2C(=O)N(c3ccc(C)c(F)c3)S(=O)(=O)c3ccccc32)cc1. The van der Waals surface area contributed by atoms with Crippen LogP contribution in [0, 0.1) is 19.7 Å². The van der Waals surface area contributed by atoms with Crippen molar-refractivity contribution in [2.45, 2.75) is 25.3 Å². The maximum atomic E-state index is 14.2. The largest absolute Gasteiger partial charge is 0.350 e. The van der Waals surface area contributed by atoms with Gasteiger partial charge in [-0.15, -0.1) is 0 Å². The third-order valence-electron chi connectivity index (χ3n) is 5.38. The maximum Gasteiger partial charge on any atom is 0.343 e. The fourth-order valence-electron chi connectivity index (χ4n) is 3.53. The van der Waals surface area contributed by atoms with E-state index in [1.54, 1.807) is 6.07 Å². The van der Waals surface area contributed by atoms with E-state index in [1.165, 1.54) is 37.3 Å². The summed E-state index contributed by atoms with van der Waals surface area (Å²) in [6, 6.07) is 16.3. The lowest BCUT2D eigenvalue weighted by atomic mass is 10.1. The molecule has 0 radical (unpaired) electrons. The van der Waals surface area contributed by atoms with Gasteiger partial charge in [0.15, 0.2) is 0 Å². The molecule has 0 bridgehead atoms. The third-order valence-corrected chi connectivity index (χ3v) is 7.13. The van der Waals surface area contributed by atoms with Crippen molar-refractivity contribution >= 4 is 33.3 Å². The Bertz CT molecular complexity index is 1340. The molecule has 3 amide bonds. The van der Waals surface area contributed by atoms with Gasteiger partial charge in [0.2, 0.25) is 5.91 Å². The van der Waals surface area contributed by atoms with Crippen LogP contribution in [0.2, 0.25) is 0 Å². The molecular formula is C24H22FN3O4S. The summed E-state index contributed by atoms with van der Waals surface area (Å²) in [5.41, 5.74) is 2.25. The quantitative estimate of drug-likeness (QED) is 0.617. The fourth-order valence-corrected chi connectivity index (χ4v) is 5.11. The van der Waals surface area contributed by atoms with Gasteiger partial charge in [0.25, 0.3) is 10.0 Å². The second kappa shape index (κ2) is 8.67. The van der Waals surface area contributed by atoms with E-state index >= 15 is 0 Å². The second-order valence-electron chi connectivity index (χ2n) is 7.80. The summed E-state index contributed by atoms with van der Waals surface area (Å²) in [6.07, 6.45) is 0. The van der Waals surface area contributed by atoms with Gasteiger partial charge in [-0.05, 0) is 49.2 Å². The first-order chi connectivity index (χ1) is 15.7. The van der Waals surface area contributed by atoms with Gasteiger partial charge in [-0.3, -0.25) is 9.69 Å². The Morgan fingerprint density at radius 3 is 2.39 bits per heavy atom. The van der Waals surface area contributed by atoms with Crippen LogP contribution in [0.15, 0.2) is 71.6 Å². The number of fused-ring (bicyclic) bond motifs is 1. The Hall–Kier alpha value is -3.72. The first-order valence-electron chi connectivity index (χ1n) is 10.2. The predicted octanol–water partition coefficient (Wildman–Crippen LogP) is 3.89. The number of anilines is 2. The zero-order valence-electron chi connectivity index (χ0n) is 18.1. The van der Waals surface area contributed by atoms with E-state index < -0.39 is 34.3 Å². The molecule has 1 aliphatic heterocycles. The minimum atomic E-state index is -4.30. The van der Waals surface area contributed by atoms with E-state index in [4.69, 9.17) is 0 Å². The average Bonchev–Trinajstić information content (AvgIpc) is 2.78. The van der Waals surface area contributed by atoms with Gasteiger partial charge < -0.3 is 5.32 Å². The van der Waals surface area contributed by atoms with Gasteiger partial charge in [-0.25, -0.2) is 17.6 Å². The first kappa shape index (κ1) is 22.5. The summed E-state index contributed by atoms with van der Waals surface area (Å²) in [4.78, 5) is 26.9. The van der Waals surface area contributed by atoms with Gasteiger partial charge in [-0.2, -0.15) is 4.31 Å². The van der Waals surface area contributed by atoms with Gasteiger partial charge in [0.1, 0.15) is 17.3 Å². The smallest absolute Gasteiger partial charge is 0.343 e. The number of amides is 3. The van der Waals surface area contributed by atoms with Crippen LogP contribution >= 0.6 is 0 Å². The van der Waals surface area contributed by atoms with Crippen LogP contribution in [0.1, 0.15) is 16.7 Å². The molecule has 33 heavy (non-hydrogen) atoms. The molecule has 0 aliphatic carbocycles. The van der Waals surface area contributed by atoms with E-state index in [0.29, 0.717) is 9.87 Å². The van der Waals surface area contributed by atoms with Crippen molar-refractivity contribution < 1.29 is 22.4 Å². The number of carbonyl (C=O) groups is 2. The molecule has 0 saturated heterocycles. The number of halogens is 1. The Labute approximate surface area is 191 Å². The number of benzene rings is 3. The molecule has 0 spiro atoms. The second-order valence-corrected chi connectivity index (χ2v) is 9.56. The van der Waals surface area contributed by atoms with E-state index in [0.717, 1.165) is 22.1 Å². The average molecular weight is 468 g/mol. The van der Waals surface area contributed by atoms with Crippen molar-refractivity contribution in [1.82, 2.24) is 5.32 Å². The number of para-hydroxylation sites is 1. The number of aryl methyl sites for hydroxylation is 2. The summed E-state index contributed by atoms with van der Waals surface area (Å²) in [5, 5.41) is 2.75. The number of urea groups is 1. The minimum Gasteiger partial charge on any atom is -0.350 e.